The van der Waals surface area contributed by atoms with E-state index in [4.69, 9.17) is 4.74 Å². The number of ether oxygens (including phenoxy) is 1. The first-order chi connectivity index (χ1) is 8.31. The Hall–Kier alpha value is -1.22. The fourth-order valence-corrected chi connectivity index (χ4v) is 2.39. The molecule has 2 atom stereocenters. The van der Waals surface area contributed by atoms with Crippen molar-refractivity contribution in [3.05, 3.63) is 23.3 Å². The number of aryl methyl sites for hydroxylation is 1. The molecule has 1 fully saturated rings. The zero-order chi connectivity index (χ0) is 13.5. The van der Waals surface area contributed by atoms with Gasteiger partial charge in [0, 0.05) is 5.56 Å². The Morgan fingerprint density at radius 1 is 1.28 bits per heavy atom. The van der Waals surface area contributed by atoms with Gasteiger partial charge >= 0.3 is 0 Å². The first-order valence-corrected chi connectivity index (χ1v) is 6.51. The van der Waals surface area contributed by atoms with Gasteiger partial charge in [0.2, 0.25) is 0 Å². The Balaban J connectivity index is 2.00. The molecular weight excluding hydrogens is 228 g/mol. The van der Waals surface area contributed by atoms with Gasteiger partial charge in [0.05, 0.1) is 11.7 Å². The van der Waals surface area contributed by atoms with Crippen molar-refractivity contribution >= 4 is 0 Å². The van der Waals surface area contributed by atoms with Crippen LogP contribution in [0.2, 0.25) is 0 Å². The number of hydrogen-bond acceptors (Lipinski definition) is 3. The molecule has 1 heterocycles. The summed E-state index contributed by atoms with van der Waals surface area (Å²) in [5.41, 5.74) is 1.55. The summed E-state index contributed by atoms with van der Waals surface area (Å²) in [6, 6.07) is 3.30. The quantitative estimate of drug-likeness (QED) is 0.635. The lowest BCUT2D eigenvalue weighted by Gasteiger charge is -2.14. The third-order valence-electron chi connectivity index (χ3n) is 3.90. The minimum Gasteiger partial charge on any atom is -0.508 e. The van der Waals surface area contributed by atoms with Crippen LogP contribution in [0.4, 0.5) is 0 Å². The number of hydrogen-bond donors (Lipinski definition) is 2. The van der Waals surface area contributed by atoms with Crippen molar-refractivity contribution in [3.8, 4) is 11.5 Å². The second-order valence-corrected chi connectivity index (χ2v) is 5.89. The fraction of sp³-hybridized carbons (Fsp3) is 0.600. The highest BCUT2D eigenvalue weighted by Crippen LogP contribution is 2.41. The van der Waals surface area contributed by atoms with Crippen LogP contribution in [0, 0.1) is 6.92 Å². The third-order valence-corrected chi connectivity index (χ3v) is 3.90. The van der Waals surface area contributed by atoms with Gasteiger partial charge < -0.3 is 14.9 Å². The molecule has 18 heavy (non-hydrogen) atoms. The van der Waals surface area contributed by atoms with E-state index in [2.05, 4.69) is 20.8 Å². The lowest BCUT2D eigenvalue weighted by molar-refractivity contribution is 0.317. The molecule has 3 heteroatoms. The maximum absolute atomic E-state index is 9.93. The molecule has 0 amide bonds. The summed E-state index contributed by atoms with van der Waals surface area (Å²) in [6.07, 6.45) is 2.27. The standard InChI is InChI=1S/C15H22O3/c1-9(5-6-14-15(3,4)18-14)11-8-12(16)10(2)7-13(11)17/h7-9,14,16-17H,5-6H2,1-4H3/t9-,14+/m1/s1. The molecule has 1 saturated heterocycles. The largest absolute Gasteiger partial charge is 0.508 e. The Bertz CT molecular complexity index is 451. The molecule has 0 saturated carbocycles. The van der Waals surface area contributed by atoms with E-state index in [9.17, 15) is 10.2 Å². The van der Waals surface area contributed by atoms with Crippen LogP contribution >= 0.6 is 0 Å². The maximum Gasteiger partial charge on any atom is 0.119 e. The Kier molecular flexibility index (Phi) is 3.28. The molecule has 0 spiro atoms. The number of rotatable bonds is 4. The maximum atomic E-state index is 9.93. The summed E-state index contributed by atoms with van der Waals surface area (Å²) in [7, 11) is 0. The second-order valence-electron chi connectivity index (χ2n) is 5.89. The Morgan fingerprint density at radius 2 is 1.89 bits per heavy atom. The summed E-state index contributed by atoms with van der Waals surface area (Å²) in [6.45, 7) is 8.04. The summed E-state index contributed by atoms with van der Waals surface area (Å²) in [5, 5.41) is 19.6. The average molecular weight is 250 g/mol. The average Bonchev–Trinajstić information content (AvgIpc) is 2.88. The van der Waals surface area contributed by atoms with Gasteiger partial charge in [-0.25, -0.2) is 0 Å². The SMILES string of the molecule is Cc1cc(O)c([C@H](C)CC[C@@H]2OC2(C)C)cc1O. The summed E-state index contributed by atoms with van der Waals surface area (Å²) < 4.78 is 5.55. The van der Waals surface area contributed by atoms with Crippen LogP contribution in [0.5, 0.6) is 11.5 Å². The molecule has 1 aliphatic heterocycles. The van der Waals surface area contributed by atoms with E-state index >= 15 is 0 Å². The smallest absolute Gasteiger partial charge is 0.119 e. The van der Waals surface area contributed by atoms with Crippen molar-refractivity contribution in [2.24, 2.45) is 0 Å². The number of epoxide rings is 1. The minimum atomic E-state index is 0.0250. The molecule has 1 aromatic rings. The van der Waals surface area contributed by atoms with Crippen LogP contribution < -0.4 is 0 Å². The zero-order valence-electron chi connectivity index (χ0n) is 11.5. The summed E-state index contributed by atoms with van der Waals surface area (Å²) in [5.74, 6) is 0.739. The van der Waals surface area contributed by atoms with Crippen LogP contribution in [-0.4, -0.2) is 21.9 Å². The molecule has 2 rings (SSSR count). The van der Waals surface area contributed by atoms with Crippen molar-refractivity contribution in [3.63, 3.8) is 0 Å². The van der Waals surface area contributed by atoms with E-state index in [1.165, 1.54) is 0 Å². The monoisotopic (exact) mass is 250 g/mol. The Morgan fingerprint density at radius 3 is 2.44 bits per heavy atom. The molecular formula is C15H22O3. The van der Waals surface area contributed by atoms with Crippen LogP contribution in [0.25, 0.3) is 0 Å². The first kappa shape index (κ1) is 13.2. The molecule has 1 aliphatic rings. The van der Waals surface area contributed by atoms with Crippen molar-refractivity contribution in [2.75, 3.05) is 0 Å². The predicted molar refractivity (Wildman–Crippen MR) is 71.1 cm³/mol. The van der Waals surface area contributed by atoms with Crippen LogP contribution in [-0.2, 0) is 4.74 Å². The van der Waals surface area contributed by atoms with Crippen molar-refractivity contribution in [1.29, 1.82) is 0 Å². The van der Waals surface area contributed by atoms with Crippen molar-refractivity contribution < 1.29 is 14.9 Å². The normalized spacial score (nSPS) is 22.8. The first-order valence-electron chi connectivity index (χ1n) is 6.51. The predicted octanol–water partition coefficient (Wildman–Crippen LogP) is 3.47. The molecule has 0 radical (unpaired) electrons. The van der Waals surface area contributed by atoms with E-state index < -0.39 is 0 Å². The van der Waals surface area contributed by atoms with E-state index in [0.29, 0.717) is 11.7 Å². The van der Waals surface area contributed by atoms with Crippen molar-refractivity contribution in [1.82, 2.24) is 0 Å². The van der Waals surface area contributed by atoms with E-state index in [-0.39, 0.29) is 23.0 Å². The molecule has 1 aromatic carbocycles. The molecule has 100 valence electrons. The van der Waals surface area contributed by atoms with Gasteiger partial charge in [-0.05, 0) is 57.2 Å². The number of benzene rings is 1. The third kappa shape index (κ3) is 2.61. The number of aromatic hydroxyl groups is 2. The molecule has 0 aromatic heterocycles. The molecule has 2 N–H and O–H groups in total. The van der Waals surface area contributed by atoms with Gasteiger partial charge in [-0.2, -0.15) is 0 Å². The van der Waals surface area contributed by atoms with Gasteiger partial charge in [-0.3, -0.25) is 0 Å². The second kappa shape index (κ2) is 4.47. The van der Waals surface area contributed by atoms with Gasteiger partial charge in [0.25, 0.3) is 0 Å². The van der Waals surface area contributed by atoms with Crippen LogP contribution in [0.1, 0.15) is 50.7 Å². The van der Waals surface area contributed by atoms with E-state index in [1.54, 1.807) is 19.1 Å². The van der Waals surface area contributed by atoms with Gasteiger partial charge in [-0.15, -0.1) is 0 Å². The van der Waals surface area contributed by atoms with Crippen LogP contribution in [0.3, 0.4) is 0 Å². The highest BCUT2D eigenvalue weighted by Gasteiger charge is 2.47. The van der Waals surface area contributed by atoms with E-state index in [1.807, 2.05) is 0 Å². The highest BCUT2D eigenvalue weighted by molar-refractivity contribution is 5.45. The molecule has 0 aliphatic carbocycles. The number of phenolic OH excluding ortho intramolecular Hbond substituents is 2. The Labute approximate surface area is 108 Å². The minimum absolute atomic E-state index is 0.0250. The van der Waals surface area contributed by atoms with Gasteiger partial charge in [0.1, 0.15) is 11.5 Å². The van der Waals surface area contributed by atoms with Crippen LogP contribution in [0.15, 0.2) is 12.1 Å². The highest BCUT2D eigenvalue weighted by atomic mass is 16.6. The molecule has 0 unspecified atom stereocenters. The molecule has 3 nitrogen and oxygen atoms in total. The summed E-state index contributed by atoms with van der Waals surface area (Å²) >= 11 is 0. The van der Waals surface area contributed by atoms with Gasteiger partial charge in [-0.1, -0.05) is 6.92 Å². The zero-order valence-corrected chi connectivity index (χ0v) is 11.5. The van der Waals surface area contributed by atoms with E-state index in [0.717, 1.165) is 18.4 Å². The fourth-order valence-electron chi connectivity index (χ4n) is 2.39. The summed E-state index contributed by atoms with van der Waals surface area (Å²) in [4.78, 5) is 0. The lowest BCUT2D eigenvalue weighted by atomic mass is 9.92. The topological polar surface area (TPSA) is 53.0 Å². The van der Waals surface area contributed by atoms with Crippen molar-refractivity contribution in [2.45, 2.75) is 58.2 Å². The lowest BCUT2D eigenvalue weighted by Crippen LogP contribution is -2.04. The van der Waals surface area contributed by atoms with Gasteiger partial charge in [0.15, 0.2) is 0 Å². The molecule has 0 bridgehead atoms. The number of phenols is 2.